The van der Waals surface area contributed by atoms with Crippen molar-refractivity contribution in [1.82, 2.24) is 0 Å². The summed E-state index contributed by atoms with van der Waals surface area (Å²) in [4.78, 5) is 10.9. The highest BCUT2D eigenvalue weighted by atomic mass is 32.2. The number of hydrogen-bond donors (Lipinski definition) is 0. The predicted octanol–water partition coefficient (Wildman–Crippen LogP) is 13.4. The molecule has 32 heteroatoms. The molecule has 4 aliphatic heterocycles. The number of Topliss-reactive ketones (excluding diaryl/α,β-unsaturated/α-hetero) is 1. The summed E-state index contributed by atoms with van der Waals surface area (Å²) < 4.78 is 197. The van der Waals surface area contributed by atoms with Crippen molar-refractivity contribution in [3.05, 3.63) is 46.1 Å². The Labute approximate surface area is 551 Å². The van der Waals surface area contributed by atoms with Crippen LogP contribution in [0.2, 0.25) is 0 Å². The zero-order chi connectivity index (χ0) is 70.8. The molecule has 93 heavy (non-hydrogen) atoms. The summed E-state index contributed by atoms with van der Waals surface area (Å²) in [6.45, 7) is 32.9. The van der Waals surface area contributed by atoms with E-state index in [2.05, 4.69) is 69.8 Å². The summed E-state index contributed by atoms with van der Waals surface area (Å²) in [6.07, 6.45) is 18.0. The van der Waals surface area contributed by atoms with Crippen LogP contribution < -0.4 is 0 Å². The van der Waals surface area contributed by atoms with Crippen LogP contribution in [0.3, 0.4) is 0 Å². The molecule has 0 bridgehead atoms. The number of carbonyl (C=O) groups excluding carboxylic acids is 1. The van der Waals surface area contributed by atoms with Crippen molar-refractivity contribution >= 4 is 54.3 Å². The van der Waals surface area contributed by atoms with Gasteiger partial charge in [0.05, 0.1) is 70.9 Å². The molecule has 0 aromatic heterocycles. The van der Waals surface area contributed by atoms with Crippen molar-refractivity contribution in [3.63, 3.8) is 0 Å². The van der Waals surface area contributed by atoms with Gasteiger partial charge in [-0.05, 0) is 218 Å². The second kappa shape index (κ2) is 32.4. The van der Waals surface area contributed by atoms with Gasteiger partial charge in [-0.25, -0.2) is 0 Å². The Balaban J connectivity index is 0.000000240. The van der Waals surface area contributed by atoms with Crippen LogP contribution in [0.5, 0.6) is 0 Å². The van der Waals surface area contributed by atoms with Gasteiger partial charge in [0.1, 0.15) is 23.7 Å². The zero-order valence-electron chi connectivity index (χ0n) is 58.7. The van der Waals surface area contributed by atoms with Gasteiger partial charge in [-0.1, -0.05) is 6.08 Å². The third-order valence-electron chi connectivity index (χ3n) is 19.2. The average molecular weight is 1380 g/mol. The maximum atomic E-state index is 12.0. The number of allylic oxidation sites excluding steroid dienone is 6. The molecule has 0 aromatic rings. The van der Waals surface area contributed by atoms with Crippen LogP contribution >= 0.6 is 0 Å². The molecule has 4 saturated heterocycles. The smallest absolute Gasteiger partial charge is 0.502 e. The second-order valence-corrected chi connectivity index (χ2v) is 31.1. The lowest BCUT2D eigenvalue weighted by Crippen LogP contribution is -2.41. The summed E-state index contributed by atoms with van der Waals surface area (Å²) >= 11 is 0. The van der Waals surface area contributed by atoms with Crippen molar-refractivity contribution in [2.45, 2.75) is 300 Å². The van der Waals surface area contributed by atoms with Crippen molar-refractivity contribution in [1.29, 1.82) is 0 Å². The van der Waals surface area contributed by atoms with Crippen LogP contribution in [-0.4, -0.2) is 161 Å². The highest BCUT2D eigenvalue weighted by Crippen LogP contribution is 2.45. The molecule has 0 N–H and O–H groups in total. The number of methoxy groups -OCH3 is 5. The Morgan fingerprint density at radius 1 is 0.409 bits per heavy atom. The Hall–Kier alpha value is -2.87. The van der Waals surface area contributed by atoms with Crippen LogP contribution in [0.4, 0.5) is 26.3 Å². The van der Waals surface area contributed by atoms with E-state index in [9.17, 15) is 48.0 Å². The molecular formula is C61H104B4F6O20S2. The molecule has 5 fully saturated rings. The second-order valence-electron chi connectivity index (χ2n) is 28.1. The van der Waals surface area contributed by atoms with Gasteiger partial charge in [0.2, 0.25) is 0 Å². The van der Waals surface area contributed by atoms with Gasteiger partial charge in [0.15, 0.2) is 11.5 Å². The number of carbonyl (C=O) groups is 1. The Morgan fingerprint density at radius 2 is 0.753 bits per heavy atom. The molecule has 3 atom stereocenters. The van der Waals surface area contributed by atoms with E-state index < -0.39 is 51.4 Å². The van der Waals surface area contributed by atoms with Gasteiger partial charge >= 0.3 is 59.5 Å². The zero-order valence-corrected chi connectivity index (χ0v) is 60.3. The van der Waals surface area contributed by atoms with Gasteiger partial charge in [-0.15, -0.1) is 0 Å². The van der Waals surface area contributed by atoms with Crippen LogP contribution in [0, 0.1) is 0 Å². The number of ketones is 1. The molecule has 9 aliphatic rings. The summed E-state index contributed by atoms with van der Waals surface area (Å²) in [5.41, 5.74) is -11.0. The monoisotopic (exact) mass is 1380 g/mol. The SMILES string of the molecule is CC1(C)OB(B2OC(C)(C)C(C)(C)O2)OC1(C)C.COC1=C(B2OC(C)(C)C(C)(C)O2)CCCC1.COC1=C(OS(=O)(=O)C(F)(F)F)CCCC1.COC1CCCC=C1B1OC(C)(C)C(C)(C)O1.COC1CCCC=C1OS(=O)(=O)C(F)(F)F.COC1CCCCC1=O. The lowest BCUT2D eigenvalue weighted by molar-refractivity contribution is -0.131. The molecule has 0 amide bonds. The van der Waals surface area contributed by atoms with Crippen molar-refractivity contribution in [2.24, 2.45) is 0 Å². The lowest BCUT2D eigenvalue weighted by Gasteiger charge is -2.32. The van der Waals surface area contributed by atoms with Crippen molar-refractivity contribution in [3.8, 4) is 0 Å². The quantitative estimate of drug-likeness (QED) is 0.0766. The molecule has 5 aliphatic carbocycles. The minimum absolute atomic E-state index is 0.0845. The van der Waals surface area contributed by atoms with E-state index in [4.69, 9.17) is 60.9 Å². The highest BCUT2D eigenvalue weighted by molar-refractivity contribution is 7.88. The molecule has 4 heterocycles. The molecular weight excluding hydrogens is 1270 g/mol. The van der Waals surface area contributed by atoms with Gasteiger partial charge in [0, 0.05) is 47.0 Å². The van der Waals surface area contributed by atoms with Crippen LogP contribution in [0.15, 0.2) is 46.1 Å². The summed E-state index contributed by atoms with van der Waals surface area (Å²) in [5.74, 6) is 0.981. The first-order valence-corrected chi connectivity index (χ1v) is 34.8. The summed E-state index contributed by atoms with van der Waals surface area (Å²) in [5, 5.41) is 0. The molecule has 534 valence electrons. The van der Waals surface area contributed by atoms with E-state index >= 15 is 0 Å². The third kappa shape index (κ3) is 21.3. The standard InChI is InChI=1S/2C13H23BO3.C12H24B2O4.2C8H11F3O4S.C7H12O2/c2*1-12(2)13(3,4)17-14(16-12)10-8-6-7-9-11(10)15-5;1-9(2)10(3,4)16-13(15-9)14-17-11(5,6)12(7,8)18-14;2*1-14-6-4-2-3-5-7(6)15-16(12,13)8(9,10)11;1-9-7-5-3-2-4-6(7)8/h6-9H2,1-5H3;8,11H,6-7,9H2,1-5H3;1-8H3;2-5H2,1H3;5-6H,2-4H2,1H3;7H,2-5H2,1H3. The topological polar surface area (TPSA) is 224 Å². The number of ether oxygens (including phenoxy) is 5. The molecule has 0 spiro atoms. The lowest BCUT2D eigenvalue weighted by atomic mass is 9.49. The summed E-state index contributed by atoms with van der Waals surface area (Å²) in [6, 6.07) is 0. The van der Waals surface area contributed by atoms with E-state index in [0.29, 0.717) is 25.7 Å². The minimum atomic E-state index is -5.59. The molecule has 20 nitrogen and oxygen atoms in total. The molecule has 1 saturated carbocycles. The van der Waals surface area contributed by atoms with E-state index in [1.165, 1.54) is 45.0 Å². The number of alkyl halides is 6. The predicted molar refractivity (Wildman–Crippen MR) is 341 cm³/mol. The fourth-order valence-corrected chi connectivity index (χ4v) is 11.6. The van der Waals surface area contributed by atoms with E-state index in [0.717, 1.165) is 75.4 Å². The van der Waals surface area contributed by atoms with Gasteiger partial charge in [-0.2, -0.15) is 43.2 Å². The first kappa shape index (κ1) is 82.6. The highest BCUT2D eigenvalue weighted by Gasteiger charge is 2.64. The fraction of sp³-hybridized carbons (Fsp3) is 0.852. The number of halogens is 6. The van der Waals surface area contributed by atoms with Crippen LogP contribution in [0.1, 0.15) is 226 Å². The number of rotatable bonds is 12. The molecule has 0 aromatic carbocycles. The molecule has 3 unspecified atom stereocenters. The van der Waals surface area contributed by atoms with Crippen LogP contribution in [0.25, 0.3) is 0 Å². The van der Waals surface area contributed by atoms with Crippen molar-refractivity contribution in [2.75, 3.05) is 35.5 Å². The maximum Gasteiger partial charge on any atom is 0.534 e. The first-order chi connectivity index (χ1) is 42.5. The fourth-order valence-electron chi connectivity index (χ4n) is 10.6. The Kier molecular flexibility index (Phi) is 28.8. The number of hydrogen-bond acceptors (Lipinski definition) is 20. The van der Waals surface area contributed by atoms with Gasteiger partial charge < -0.3 is 69.3 Å². The third-order valence-corrected chi connectivity index (χ3v) is 21.2. The Morgan fingerprint density at radius 3 is 1.15 bits per heavy atom. The van der Waals surface area contributed by atoms with Crippen LogP contribution in [-0.2, 0) is 94.3 Å². The van der Waals surface area contributed by atoms with E-state index in [1.807, 2.05) is 55.4 Å². The van der Waals surface area contributed by atoms with Gasteiger partial charge in [-0.3, -0.25) is 4.79 Å². The summed E-state index contributed by atoms with van der Waals surface area (Å²) in [7, 11) is -4.93. The maximum absolute atomic E-state index is 12.0. The van der Waals surface area contributed by atoms with Crippen molar-refractivity contribution < 1.29 is 117 Å². The Bertz CT molecular complexity index is 2740. The minimum Gasteiger partial charge on any atom is -0.502 e. The normalized spacial score (nSPS) is 26.8. The first-order valence-electron chi connectivity index (χ1n) is 32.0. The van der Waals surface area contributed by atoms with E-state index in [-0.39, 0.29) is 101 Å². The average Bonchev–Trinajstić information content (AvgIpc) is 1.62. The largest absolute Gasteiger partial charge is 0.534 e. The van der Waals surface area contributed by atoms with E-state index in [1.54, 1.807) is 21.3 Å². The van der Waals surface area contributed by atoms with Gasteiger partial charge in [0.25, 0.3) is 0 Å². The molecule has 0 radical (unpaired) electrons. The molecule has 9 rings (SSSR count).